The van der Waals surface area contributed by atoms with E-state index in [4.69, 9.17) is 5.11 Å². The van der Waals surface area contributed by atoms with Crippen molar-refractivity contribution in [3.8, 4) is 0 Å². The average molecular weight is 288 g/mol. The second kappa shape index (κ2) is 4.93. The molecule has 6 nitrogen and oxygen atoms in total. The number of aromatic nitrogens is 3. The van der Waals surface area contributed by atoms with Crippen LogP contribution in [0.1, 0.15) is 15.4 Å². The number of carboxylic acids is 1. The fraction of sp³-hybridized carbons (Fsp3) is 0.154. The second-order valence-electron chi connectivity index (χ2n) is 4.40. The maximum Gasteiger partial charge on any atom is 0.345 e. The van der Waals surface area contributed by atoms with Crippen LogP contribution in [-0.4, -0.2) is 33.3 Å². The summed E-state index contributed by atoms with van der Waals surface area (Å²) in [6, 6.07) is 5.40. The molecule has 0 unspecified atom stereocenters. The van der Waals surface area contributed by atoms with Crippen molar-refractivity contribution in [2.75, 3.05) is 11.9 Å². The Morgan fingerprint density at radius 1 is 1.45 bits per heavy atom. The smallest absolute Gasteiger partial charge is 0.345 e. The summed E-state index contributed by atoms with van der Waals surface area (Å²) in [5, 5.41) is 16.8. The number of nitrogens with one attached hydrogen (secondary N) is 1. The van der Waals surface area contributed by atoms with Crippen molar-refractivity contribution in [2.24, 2.45) is 0 Å². The summed E-state index contributed by atoms with van der Waals surface area (Å²) >= 11 is 1.26. The Labute approximate surface area is 118 Å². The van der Waals surface area contributed by atoms with Gasteiger partial charge in [0, 0.05) is 29.5 Å². The summed E-state index contributed by atoms with van der Waals surface area (Å²) in [4.78, 5) is 17.7. The first-order chi connectivity index (χ1) is 9.65. The number of carbonyl (C=O) groups is 1. The summed E-state index contributed by atoms with van der Waals surface area (Å²) in [6.45, 7) is 0.629. The molecular weight excluding hydrogens is 276 g/mol. The maximum absolute atomic E-state index is 11.1. The number of hydrogen-bond acceptors (Lipinski definition) is 5. The lowest BCUT2D eigenvalue weighted by Crippen LogP contribution is -2.18. The van der Waals surface area contributed by atoms with Crippen LogP contribution in [-0.2, 0) is 6.54 Å². The van der Waals surface area contributed by atoms with E-state index in [-0.39, 0.29) is 0 Å². The third-order valence-corrected chi connectivity index (χ3v) is 4.05. The van der Waals surface area contributed by atoms with Crippen molar-refractivity contribution < 1.29 is 9.90 Å². The average Bonchev–Trinajstić information content (AvgIpc) is 3.05. The van der Waals surface area contributed by atoms with Crippen molar-refractivity contribution >= 4 is 33.2 Å². The van der Waals surface area contributed by atoms with Crippen LogP contribution >= 0.6 is 11.3 Å². The van der Waals surface area contributed by atoms with E-state index in [9.17, 15) is 4.79 Å². The number of nitrogens with zero attached hydrogens (tertiary/aromatic N) is 3. The highest BCUT2D eigenvalue weighted by molar-refractivity contribution is 7.20. The molecule has 2 N–H and O–H groups in total. The molecule has 102 valence electrons. The van der Waals surface area contributed by atoms with Crippen LogP contribution in [0.3, 0.4) is 0 Å². The fourth-order valence-electron chi connectivity index (χ4n) is 2.06. The molecule has 0 aliphatic carbocycles. The first-order valence-corrected chi connectivity index (χ1v) is 6.78. The van der Waals surface area contributed by atoms with Gasteiger partial charge < -0.3 is 10.0 Å². The molecule has 0 aliphatic rings. The third-order valence-electron chi connectivity index (χ3n) is 2.96. The Bertz CT molecular complexity index is 751. The zero-order chi connectivity index (χ0) is 14.1. The van der Waals surface area contributed by atoms with Crippen molar-refractivity contribution in [3.63, 3.8) is 0 Å². The summed E-state index contributed by atoms with van der Waals surface area (Å²) in [5.74, 6) is -0.144. The van der Waals surface area contributed by atoms with E-state index in [1.54, 1.807) is 18.5 Å². The number of hydrogen-bond donors (Lipinski definition) is 2. The monoisotopic (exact) mass is 288 g/mol. The van der Waals surface area contributed by atoms with Crippen LogP contribution in [0.25, 0.3) is 10.1 Å². The normalized spacial score (nSPS) is 10.8. The summed E-state index contributed by atoms with van der Waals surface area (Å²) in [6.07, 6.45) is 3.40. The Kier molecular flexibility index (Phi) is 3.11. The van der Waals surface area contributed by atoms with Gasteiger partial charge in [0.25, 0.3) is 0 Å². The molecule has 20 heavy (non-hydrogen) atoms. The van der Waals surface area contributed by atoms with Gasteiger partial charge in [-0.25, -0.2) is 9.78 Å². The van der Waals surface area contributed by atoms with Crippen LogP contribution < -0.4 is 4.90 Å². The number of aromatic carboxylic acids is 1. The van der Waals surface area contributed by atoms with Gasteiger partial charge >= 0.3 is 5.97 Å². The lowest BCUT2D eigenvalue weighted by molar-refractivity contribution is 0.0702. The van der Waals surface area contributed by atoms with E-state index in [2.05, 4.69) is 15.2 Å². The van der Waals surface area contributed by atoms with Gasteiger partial charge in [-0.05, 0) is 18.2 Å². The first kappa shape index (κ1) is 12.6. The minimum absolute atomic E-state index is 0.323. The zero-order valence-corrected chi connectivity index (χ0v) is 11.5. The molecule has 0 aliphatic heterocycles. The molecule has 3 aromatic rings. The van der Waals surface area contributed by atoms with Crippen molar-refractivity contribution in [1.29, 1.82) is 0 Å². The van der Waals surface area contributed by atoms with E-state index >= 15 is 0 Å². The zero-order valence-electron chi connectivity index (χ0n) is 10.7. The molecule has 0 aromatic carbocycles. The van der Waals surface area contributed by atoms with E-state index in [0.29, 0.717) is 11.4 Å². The molecule has 3 rings (SSSR count). The molecule has 3 heterocycles. The Morgan fingerprint density at radius 2 is 2.30 bits per heavy atom. The Balaban J connectivity index is 2.00. The molecule has 0 atom stereocenters. The van der Waals surface area contributed by atoms with Crippen molar-refractivity contribution in [3.05, 3.63) is 41.2 Å². The van der Waals surface area contributed by atoms with Crippen LogP contribution in [0.2, 0.25) is 0 Å². The van der Waals surface area contributed by atoms with Gasteiger partial charge in [0.15, 0.2) is 0 Å². The van der Waals surface area contributed by atoms with Crippen molar-refractivity contribution in [2.45, 2.75) is 6.54 Å². The number of aromatic amines is 1. The number of pyridine rings is 1. The molecule has 0 radical (unpaired) electrons. The highest BCUT2D eigenvalue weighted by Crippen LogP contribution is 2.31. The van der Waals surface area contributed by atoms with E-state index in [1.807, 2.05) is 24.1 Å². The molecular formula is C13H12N4O2S. The first-order valence-electron chi connectivity index (χ1n) is 5.96. The summed E-state index contributed by atoms with van der Waals surface area (Å²) in [5.41, 5.74) is 0.972. The van der Waals surface area contributed by atoms with E-state index in [1.165, 1.54) is 11.3 Å². The number of thiophene rings is 1. The fourth-order valence-corrected chi connectivity index (χ4v) is 2.95. The number of carboxylic acid groups (broad SMARTS) is 1. The van der Waals surface area contributed by atoms with Gasteiger partial charge in [-0.3, -0.25) is 5.10 Å². The second-order valence-corrected chi connectivity index (χ2v) is 5.48. The molecule has 7 heteroatoms. The number of rotatable bonds is 4. The van der Waals surface area contributed by atoms with Gasteiger partial charge in [-0.1, -0.05) is 0 Å². The number of anilines is 1. The molecule has 0 saturated carbocycles. The molecule has 0 bridgehead atoms. The lowest BCUT2D eigenvalue weighted by Gasteiger charge is -2.17. The van der Waals surface area contributed by atoms with Crippen molar-refractivity contribution in [1.82, 2.24) is 15.2 Å². The van der Waals surface area contributed by atoms with Gasteiger partial charge in [0.2, 0.25) is 0 Å². The third kappa shape index (κ3) is 2.23. The minimum Gasteiger partial charge on any atom is -0.477 e. The molecule has 0 fully saturated rings. The molecule has 0 spiro atoms. The Hall–Kier alpha value is -2.41. The van der Waals surface area contributed by atoms with E-state index in [0.717, 1.165) is 21.6 Å². The largest absolute Gasteiger partial charge is 0.477 e. The topological polar surface area (TPSA) is 82.1 Å². The number of fused-ring (bicyclic) bond motifs is 1. The predicted octanol–water partition coefficient (Wildman–Crippen LogP) is 2.35. The lowest BCUT2D eigenvalue weighted by atomic mass is 10.2. The minimum atomic E-state index is -0.909. The van der Waals surface area contributed by atoms with Crippen LogP contribution in [0.15, 0.2) is 30.6 Å². The van der Waals surface area contributed by atoms with E-state index < -0.39 is 5.97 Å². The summed E-state index contributed by atoms with van der Waals surface area (Å²) < 4.78 is 0.920. The predicted molar refractivity (Wildman–Crippen MR) is 77.3 cm³/mol. The molecule has 0 amide bonds. The number of H-pyrrole nitrogens is 1. The van der Waals surface area contributed by atoms with Crippen LogP contribution in [0.4, 0.5) is 5.82 Å². The van der Waals surface area contributed by atoms with Gasteiger partial charge in [-0.2, -0.15) is 5.10 Å². The molecule has 0 saturated heterocycles. The van der Waals surface area contributed by atoms with Gasteiger partial charge in [-0.15, -0.1) is 11.3 Å². The van der Waals surface area contributed by atoms with Gasteiger partial charge in [0.05, 0.1) is 12.2 Å². The Morgan fingerprint density at radius 3 is 3.00 bits per heavy atom. The highest BCUT2D eigenvalue weighted by atomic mass is 32.1. The molecule has 3 aromatic heterocycles. The standard InChI is InChI=1S/C13H12N4O2S/c1-17(7-8-2-5-15-16-8)12-9-6-11(13(18)19)20-10(9)3-4-14-12/h2-6H,7H2,1H3,(H,15,16)(H,18,19). The maximum atomic E-state index is 11.1. The van der Waals surface area contributed by atoms with Crippen LogP contribution in [0, 0.1) is 0 Å². The quantitative estimate of drug-likeness (QED) is 0.770. The highest BCUT2D eigenvalue weighted by Gasteiger charge is 2.14. The summed E-state index contributed by atoms with van der Waals surface area (Å²) in [7, 11) is 1.92. The SMILES string of the molecule is CN(Cc1ccn[nH]1)c1nccc2sc(C(=O)O)cc12. The van der Waals surface area contributed by atoms with Crippen LogP contribution in [0.5, 0.6) is 0 Å². The van der Waals surface area contributed by atoms with Gasteiger partial charge in [0.1, 0.15) is 10.7 Å².